The third-order valence-electron chi connectivity index (χ3n) is 1.11. The summed E-state index contributed by atoms with van der Waals surface area (Å²) in [6, 6.07) is 1.28. The molecule has 0 atom stereocenters. The molecular weight excluding hydrogens is 215 g/mol. The van der Waals surface area contributed by atoms with E-state index in [0.717, 1.165) is 10.1 Å². The Hall–Kier alpha value is -0.278. The normalized spacial score (nSPS) is 9.75. The summed E-state index contributed by atoms with van der Waals surface area (Å²) in [5.41, 5.74) is -0.0671. The number of hydrogen-bond donors (Lipinski definition) is 0. The quantitative estimate of drug-likeness (QED) is 0.430. The lowest BCUT2D eigenvalue weighted by atomic mass is 10.4. The predicted octanol–water partition coefficient (Wildman–Crippen LogP) is 1.82. The molecular formula is C5H2AlClN2O2S. The van der Waals surface area contributed by atoms with Gasteiger partial charge < -0.3 is 0 Å². The number of aromatic nitrogens is 1. The SMILES string of the molecule is O=[N+]([O-])c1cc(Cl)cnc1[S][Al]. The predicted molar refractivity (Wildman–Crippen MR) is 47.5 cm³/mol. The van der Waals surface area contributed by atoms with E-state index in [1.54, 1.807) is 0 Å². The molecule has 1 aromatic heterocycles. The zero-order chi connectivity index (χ0) is 9.14. The Labute approximate surface area is 84.9 Å². The van der Waals surface area contributed by atoms with E-state index in [1.807, 2.05) is 0 Å². The van der Waals surface area contributed by atoms with Crippen LogP contribution in [0.1, 0.15) is 0 Å². The maximum absolute atomic E-state index is 10.4. The van der Waals surface area contributed by atoms with Crippen molar-refractivity contribution in [3.63, 3.8) is 0 Å². The molecule has 0 aliphatic carbocycles. The molecule has 0 saturated heterocycles. The fourth-order valence-corrected chi connectivity index (χ4v) is 1.70. The molecule has 60 valence electrons. The van der Waals surface area contributed by atoms with Crippen LogP contribution in [-0.4, -0.2) is 25.1 Å². The highest BCUT2D eigenvalue weighted by Gasteiger charge is 2.13. The van der Waals surface area contributed by atoms with Crippen LogP contribution >= 0.6 is 21.7 Å². The van der Waals surface area contributed by atoms with Gasteiger partial charge in [-0.15, -0.1) is 0 Å². The van der Waals surface area contributed by atoms with Gasteiger partial charge in [-0.3, -0.25) is 10.1 Å². The maximum Gasteiger partial charge on any atom is 0.300 e. The Bertz CT molecular complexity index is 322. The van der Waals surface area contributed by atoms with Gasteiger partial charge >= 0.3 is 5.69 Å². The zero-order valence-electron chi connectivity index (χ0n) is 5.73. The monoisotopic (exact) mass is 216 g/mol. The molecule has 0 aliphatic heterocycles. The van der Waals surface area contributed by atoms with Crippen LogP contribution in [0.4, 0.5) is 5.69 Å². The molecule has 0 aliphatic rings. The van der Waals surface area contributed by atoms with Crippen molar-refractivity contribution in [1.29, 1.82) is 0 Å². The molecule has 0 aromatic carbocycles. The van der Waals surface area contributed by atoms with Crippen LogP contribution in [0.3, 0.4) is 0 Å². The second-order valence-electron chi connectivity index (χ2n) is 1.85. The summed E-state index contributed by atoms with van der Waals surface area (Å²) in [6.45, 7) is 0. The van der Waals surface area contributed by atoms with Gasteiger partial charge in [-0.2, -0.15) is 0 Å². The first-order chi connectivity index (χ1) is 5.65. The second-order valence-corrected chi connectivity index (χ2v) is 3.62. The molecule has 0 fully saturated rings. The standard InChI is InChI=1S/C5H3ClN2O2S.Al/c6-3-1-4(8(9)10)5(11)7-2-3;/h1-2H,(H,7,11);/q;+1/p-1. The number of hydrogen-bond acceptors (Lipinski definition) is 4. The molecule has 0 amide bonds. The Kier molecular flexibility index (Phi) is 3.35. The third-order valence-corrected chi connectivity index (χ3v) is 2.52. The van der Waals surface area contributed by atoms with Crippen molar-refractivity contribution < 1.29 is 4.92 Å². The van der Waals surface area contributed by atoms with Gasteiger partial charge in [0, 0.05) is 12.3 Å². The van der Waals surface area contributed by atoms with Crippen LogP contribution in [0.15, 0.2) is 17.3 Å². The number of halogens is 1. The summed E-state index contributed by atoms with van der Waals surface area (Å²) in [5, 5.41) is 11.0. The maximum atomic E-state index is 10.4. The van der Waals surface area contributed by atoms with E-state index in [9.17, 15) is 10.1 Å². The van der Waals surface area contributed by atoms with Gasteiger partial charge in [0.05, 0.1) is 9.95 Å². The minimum absolute atomic E-state index is 0.0671. The van der Waals surface area contributed by atoms with Crippen LogP contribution in [0.25, 0.3) is 0 Å². The lowest BCUT2D eigenvalue weighted by molar-refractivity contribution is -0.388. The van der Waals surface area contributed by atoms with Gasteiger partial charge in [-0.05, 0) is 0 Å². The van der Waals surface area contributed by atoms with E-state index in [0.29, 0.717) is 5.03 Å². The summed E-state index contributed by atoms with van der Waals surface area (Å²) in [7, 11) is 1.14. The van der Waals surface area contributed by atoms with Crippen molar-refractivity contribution in [1.82, 2.24) is 4.98 Å². The summed E-state index contributed by atoms with van der Waals surface area (Å²) in [4.78, 5) is 13.7. The topological polar surface area (TPSA) is 56.0 Å². The molecule has 0 bridgehead atoms. The van der Waals surface area contributed by atoms with E-state index >= 15 is 0 Å². The number of nitro groups is 1. The van der Waals surface area contributed by atoms with Crippen LogP contribution < -0.4 is 0 Å². The van der Waals surface area contributed by atoms with E-state index in [1.165, 1.54) is 12.3 Å². The van der Waals surface area contributed by atoms with Crippen molar-refractivity contribution >= 4 is 42.6 Å². The molecule has 7 heteroatoms. The molecule has 2 radical (unpaired) electrons. The van der Waals surface area contributed by atoms with Gasteiger partial charge in [-0.25, -0.2) is 15.1 Å². The molecule has 1 heterocycles. The van der Waals surface area contributed by atoms with E-state index in [-0.39, 0.29) is 10.7 Å². The largest absolute Gasteiger partial charge is 0.300 e. The van der Waals surface area contributed by atoms with Crippen LogP contribution in [0.2, 0.25) is 5.02 Å². The smallest absolute Gasteiger partial charge is 0.258 e. The van der Waals surface area contributed by atoms with Gasteiger partial charge in [0.2, 0.25) is 15.2 Å². The van der Waals surface area contributed by atoms with Crippen LogP contribution in [0, 0.1) is 10.1 Å². The fraction of sp³-hybridized carbons (Fsp3) is 0. The van der Waals surface area contributed by atoms with E-state index < -0.39 is 4.92 Å². The van der Waals surface area contributed by atoms with Crippen LogP contribution in [-0.2, 0) is 0 Å². The van der Waals surface area contributed by atoms with Gasteiger partial charge in [0.15, 0.2) is 5.03 Å². The van der Waals surface area contributed by atoms with Crippen molar-refractivity contribution in [3.8, 4) is 0 Å². The number of nitrogens with zero attached hydrogens (tertiary/aromatic N) is 2. The first-order valence-corrected chi connectivity index (χ1v) is 5.49. The number of rotatable bonds is 2. The van der Waals surface area contributed by atoms with E-state index in [2.05, 4.69) is 20.1 Å². The van der Waals surface area contributed by atoms with Crippen molar-refractivity contribution in [2.24, 2.45) is 0 Å². The Morgan fingerprint density at radius 3 is 2.92 bits per heavy atom. The van der Waals surface area contributed by atoms with Crippen LogP contribution in [0.5, 0.6) is 0 Å². The first-order valence-electron chi connectivity index (χ1n) is 2.82. The summed E-state index contributed by atoms with van der Waals surface area (Å²) in [5.74, 6) is 0. The minimum Gasteiger partial charge on any atom is -0.258 e. The Balaban J connectivity index is 3.21. The summed E-state index contributed by atoms with van der Waals surface area (Å²) in [6.07, 6.45) is 1.38. The fourth-order valence-electron chi connectivity index (χ4n) is 0.638. The Morgan fingerprint density at radius 2 is 2.42 bits per heavy atom. The third kappa shape index (κ3) is 2.11. The average Bonchev–Trinajstić information content (AvgIpc) is 2.04. The summed E-state index contributed by atoms with van der Waals surface area (Å²) >= 11 is 7.83. The highest BCUT2D eigenvalue weighted by atomic mass is 35.5. The molecule has 4 nitrogen and oxygen atoms in total. The highest BCUT2D eigenvalue weighted by Crippen LogP contribution is 2.26. The second kappa shape index (κ2) is 4.10. The van der Waals surface area contributed by atoms with Crippen molar-refractivity contribution in [2.45, 2.75) is 5.03 Å². The molecule has 0 spiro atoms. The van der Waals surface area contributed by atoms with Gasteiger partial charge in [0.25, 0.3) is 0 Å². The zero-order valence-corrected chi connectivity index (χ0v) is 8.46. The number of pyridine rings is 1. The van der Waals surface area contributed by atoms with Gasteiger partial charge in [0.1, 0.15) is 0 Å². The van der Waals surface area contributed by atoms with Crippen molar-refractivity contribution in [2.75, 3.05) is 0 Å². The highest BCUT2D eigenvalue weighted by molar-refractivity contribution is 8.19. The van der Waals surface area contributed by atoms with E-state index in [4.69, 9.17) is 11.6 Å². The lowest BCUT2D eigenvalue weighted by Crippen LogP contribution is -1.92. The first kappa shape index (κ1) is 9.81. The molecule has 0 N–H and O–H groups in total. The molecule has 0 unspecified atom stereocenters. The molecule has 12 heavy (non-hydrogen) atoms. The Morgan fingerprint density at radius 1 is 1.75 bits per heavy atom. The molecule has 0 saturated carbocycles. The lowest BCUT2D eigenvalue weighted by Gasteiger charge is -1.98. The molecule has 1 rings (SSSR count). The minimum atomic E-state index is -0.509. The van der Waals surface area contributed by atoms with Crippen molar-refractivity contribution in [3.05, 3.63) is 27.4 Å². The average molecular weight is 217 g/mol. The summed E-state index contributed by atoms with van der Waals surface area (Å²) < 4.78 is 0. The molecule has 1 aromatic rings. The van der Waals surface area contributed by atoms with Gasteiger partial charge in [-0.1, -0.05) is 11.6 Å².